The van der Waals surface area contributed by atoms with Crippen molar-refractivity contribution in [3.63, 3.8) is 0 Å². The third-order valence-electron chi connectivity index (χ3n) is 2.50. The van der Waals surface area contributed by atoms with Crippen molar-refractivity contribution in [1.29, 1.82) is 0 Å². The summed E-state index contributed by atoms with van der Waals surface area (Å²) in [5.41, 5.74) is -0.853. The van der Waals surface area contributed by atoms with E-state index in [-0.39, 0.29) is 12.6 Å². The van der Waals surface area contributed by atoms with Gasteiger partial charge in [-0.1, -0.05) is 6.07 Å². The molecule has 2 nitrogen and oxygen atoms in total. The summed E-state index contributed by atoms with van der Waals surface area (Å²) in [5, 5.41) is 2.94. The van der Waals surface area contributed by atoms with Crippen molar-refractivity contribution < 1.29 is 22.3 Å². The van der Waals surface area contributed by atoms with Crippen molar-refractivity contribution in [2.24, 2.45) is 0 Å². The van der Waals surface area contributed by atoms with E-state index in [1.54, 1.807) is 7.11 Å². The Morgan fingerprint density at radius 3 is 2.56 bits per heavy atom. The van der Waals surface area contributed by atoms with E-state index in [1.807, 2.05) is 6.92 Å². The topological polar surface area (TPSA) is 21.3 Å². The highest BCUT2D eigenvalue weighted by Gasteiger charge is 2.34. The van der Waals surface area contributed by atoms with Crippen molar-refractivity contribution in [2.75, 3.05) is 13.7 Å². The number of methoxy groups -OCH3 is 1. The zero-order valence-electron chi connectivity index (χ0n) is 10.1. The fourth-order valence-electron chi connectivity index (χ4n) is 1.40. The molecular formula is C12H15F4NO. The van der Waals surface area contributed by atoms with E-state index in [0.29, 0.717) is 12.1 Å². The van der Waals surface area contributed by atoms with Gasteiger partial charge in [0.15, 0.2) is 0 Å². The SMILES string of the molecule is COC(C)CNCc1ccc(F)c(C(F)(F)F)c1. The average Bonchev–Trinajstić information content (AvgIpc) is 2.29. The fraction of sp³-hybridized carbons (Fsp3) is 0.500. The maximum absolute atomic E-state index is 13.0. The predicted octanol–water partition coefficient (Wildman–Crippen LogP) is 2.97. The molecule has 0 aliphatic heterocycles. The van der Waals surface area contributed by atoms with Crippen molar-refractivity contribution in [3.05, 3.63) is 35.1 Å². The summed E-state index contributed by atoms with van der Waals surface area (Å²) in [6.45, 7) is 2.57. The van der Waals surface area contributed by atoms with Gasteiger partial charge in [0.2, 0.25) is 0 Å². The number of hydrogen-bond acceptors (Lipinski definition) is 2. The van der Waals surface area contributed by atoms with Crippen LogP contribution in [-0.4, -0.2) is 19.8 Å². The lowest BCUT2D eigenvalue weighted by atomic mass is 10.1. The van der Waals surface area contributed by atoms with E-state index in [2.05, 4.69) is 5.32 Å². The van der Waals surface area contributed by atoms with Crippen LogP contribution in [0.2, 0.25) is 0 Å². The molecular weight excluding hydrogens is 250 g/mol. The van der Waals surface area contributed by atoms with E-state index in [1.165, 1.54) is 6.07 Å². The summed E-state index contributed by atoms with van der Waals surface area (Å²) in [4.78, 5) is 0. The molecule has 1 aromatic carbocycles. The summed E-state index contributed by atoms with van der Waals surface area (Å²) in [6, 6.07) is 2.98. The molecule has 0 aliphatic rings. The first-order chi connectivity index (χ1) is 8.34. The van der Waals surface area contributed by atoms with Gasteiger partial charge in [-0.2, -0.15) is 13.2 Å². The minimum atomic E-state index is -4.67. The largest absolute Gasteiger partial charge is 0.419 e. The van der Waals surface area contributed by atoms with Crippen LogP contribution in [0.1, 0.15) is 18.1 Å². The van der Waals surface area contributed by atoms with Crippen LogP contribution >= 0.6 is 0 Å². The molecule has 102 valence electrons. The van der Waals surface area contributed by atoms with Crippen molar-refractivity contribution in [3.8, 4) is 0 Å². The summed E-state index contributed by atoms with van der Waals surface area (Å²) >= 11 is 0. The minimum absolute atomic E-state index is 0.0347. The molecule has 1 atom stereocenters. The second-order valence-corrected chi connectivity index (χ2v) is 3.99. The van der Waals surface area contributed by atoms with Crippen LogP contribution in [0.4, 0.5) is 17.6 Å². The predicted molar refractivity (Wildman–Crippen MR) is 59.6 cm³/mol. The Morgan fingerprint density at radius 1 is 1.33 bits per heavy atom. The number of ether oxygens (including phenoxy) is 1. The molecule has 0 aliphatic carbocycles. The second kappa shape index (κ2) is 6.15. The Balaban J connectivity index is 2.68. The van der Waals surface area contributed by atoms with Gasteiger partial charge in [-0.3, -0.25) is 0 Å². The Morgan fingerprint density at radius 2 is 2.00 bits per heavy atom. The van der Waals surface area contributed by atoms with Gasteiger partial charge in [-0.05, 0) is 24.6 Å². The summed E-state index contributed by atoms with van der Waals surface area (Å²) in [5.74, 6) is -1.25. The van der Waals surface area contributed by atoms with Crippen LogP contribution in [0.3, 0.4) is 0 Å². The maximum Gasteiger partial charge on any atom is 0.419 e. The molecule has 0 aromatic heterocycles. The molecule has 0 spiro atoms. The lowest BCUT2D eigenvalue weighted by Crippen LogP contribution is -2.25. The van der Waals surface area contributed by atoms with Crippen molar-refractivity contribution >= 4 is 0 Å². The second-order valence-electron chi connectivity index (χ2n) is 3.99. The number of rotatable bonds is 5. The van der Waals surface area contributed by atoms with Gasteiger partial charge < -0.3 is 10.1 Å². The molecule has 0 saturated heterocycles. The van der Waals surface area contributed by atoms with Crippen molar-refractivity contribution in [1.82, 2.24) is 5.32 Å². The maximum atomic E-state index is 13.0. The summed E-state index contributed by atoms with van der Waals surface area (Å²) in [7, 11) is 1.55. The van der Waals surface area contributed by atoms with Gasteiger partial charge in [-0.25, -0.2) is 4.39 Å². The lowest BCUT2D eigenvalue weighted by molar-refractivity contribution is -0.140. The lowest BCUT2D eigenvalue weighted by Gasteiger charge is -2.12. The highest BCUT2D eigenvalue weighted by Crippen LogP contribution is 2.31. The molecule has 0 radical (unpaired) electrons. The fourth-order valence-corrected chi connectivity index (χ4v) is 1.40. The summed E-state index contributed by atoms with van der Waals surface area (Å²) < 4.78 is 55.4. The van der Waals surface area contributed by atoms with E-state index in [4.69, 9.17) is 4.74 Å². The van der Waals surface area contributed by atoms with E-state index in [0.717, 1.165) is 12.1 Å². The minimum Gasteiger partial charge on any atom is -0.380 e. The van der Waals surface area contributed by atoms with Gasteiger partial charge >= 0.3 is 6.18 Å². The quantitative estimate of drug-likeness (QED) is 0.826. The normalized spacial score (nSPS) is 13.7. The molecule has 18 heavy (non-hydrogen) atoms. The molecule has 1 N–H and O–H groups in total. The van der Waals surface area contributed by atoms with Gasteiger partial charge in [-0.15, -0.1) is 0 Å². The number of benzene rings is 1. The number of hydrogen-bond donors (Lipinski definition) is 1. The summed E-state index contributed by atoms with van der Waals surface area (Å²) in [6.07, 6.45) is -4.70. The number of alkyl halides is 3. The molecule has 1 aromatic rings. The van der Waals surface area contributed by atoms with E-state index in [9.17, 15) is 17.6 Å². The van der Waals surface area contributed by atoms with E-state index < -0.39 is 17.6 Å². The highest BCUT2D eigenvalue weighted by molar-refractivity contribution is 5.27. The van der Waals surface area contributed by atoms with Gasteiger partial charge in [0.25, 0.3) is 0 Å². The first kappa shape index (κ1) is 14.9. The number of nitrogens with one attached hydrogen (secondary N) is 1. The first-order valence-corrected chi connectivity index (χ1v) is 5.43. The van der Waals surface area contributed by atoms with Crippen molar-refractivity contribution in [2.45, 2.75) is 25.7 Å². The van der Waals surface area contributed by atoms with Gasteiger partial charge in [0.05, 0.1) is 11.7 Å². The molecule has 0 amide bonds. The molecule has 0 saturated carbocycles. The Bertz CT molecular complexity index is 392. The third-order valence-corrected chi connectivity index (χ3v) is 2.50. The third kappa shape index (κ3) is 4.27. The molecule has 0 bridgehead atoms. The molecule has 0 fully saturated rings. The first-order valence-electron chi connectivity index (χ1n) is 5.43. The van der Waals surface area contributed by atoms with E-state index >= 15 is 0 Å². The monoisotopic (exact) mass is 265 g/mol. The number of halogens is 4. The Kier molecular flexibility index (Phi) is 5.10. The van der Waals surface area contributed by atoms with Gasteiger partial charge in [0, 0.05) is 20.2 Å². The Hall–Kier alpha value is -1.14. The molecule has 1 unspecified atom stereocenters. The van der Waals surface area contributed by atoms with Crippen LogP contribution in [0.15, 0.2) is 18.2 Å². The molecule has 1 rings (SSSR count). The van der Waals surface area contributed by atoms with Crippen LogP contribution in [0.5, 0.6) is 0 Å². The standard InChI is InChI=1S/C12H15F4NO/c1-8(18-2)6-17-7-9-3-4-11(13)10(5-9)12(14,15)16/h3-5,8,17H,6-7H2,1-2H3. The molecule has 0 heterocycles. The van der Waals surface area contributed by atoms with Crippen LogP contribution in [-0.2, 0) is 17.5 Å². The highest BCUT2D eigenvalue weighted by atomic mass is 19.4. The molecule has 6 heteroatoms. The zero-order chi connectivity index (χ0) is 13.8. The van der Waals surface area contributed by atoms with Crippen LogP contribution in [0, 0.1) is 5.82 Å². The van der Waals surface area contributed by atoms with Crippen LogP contribution in [0.25, 0.3) is 0 Å². The smallest absolute Gasteiger partial charge is 0.380 e. The average molecular weight is 265 g/mol. The van der Waals surface area contributed by atoms with Crippen LogP contribution < -0.4 is 5.32 Å². The Labute approximate surface area is 103 Å². The zero-order valence-corrected chi connectivity index (χ0v) is 10.1. The van der Waals surface area contributed by atoms with Gasteiger partial charge in [0.1, 0.15) is 5.82 Å².